The molecule has 0 saturated heterocycles. The molecule has 7 nitrogen and oxygen atoms in total. The second kappa shape index (κ2) is 7.77. The molecular formula is C20H18N4O3S. The fraction of sp³-hybridized carbons (Fsp3) is 0.150. The summed E-state index contributed by atoms with van der Waals surface area (Å²) >= 11 is 1.31. The van der Waals surface area contributed by atoms with Crippen molar-refractivity contribution in [1.29, 1.82) is 0 Å². The van der Waals surface area contributed by atoms with E-state index in [0.29, 0.717) is 16.7 Å². The summed E-state index contributed by atoms with van der Waals surface area (Å²) in [6.45, 7) is 2.02. The van der Waals surface area contributed by atoms with Crippen LogP contribution in [0.15, 0.2) is 58.2 Å². The highest BCUT2D eigenvalue weighted by molar-refractivity contribution is 7.99. The van der Waals surface area contributed by atoms with E-state index in [1.54, 1.807) is 13.2 Å². The minimum atomic E-state index is -0.199. The van der Waals surface area contributed by atoms with Crippen molar-refractivity contribution < 1.29 is 14.1 Å². The number of H-pyrrole nitrogens is 1. The van der Waals surface area contributed by atoms with Crippen molar-refractivity contribution >= 4 is 34.6 Å². The Labute approximate surface area is 165 Å². The average molecular weight is 394 g/mol. The van der Waals surface area contributed by atoms with Gasteiger partial charge in [0.2, 0.25) is 11.8 Å². The number of aryl methyl sites for hydroxylation is 1. The Hall–Kier alpha value is -3.26. The van der Waals surface area contributed by atoms with Gasteiger partial charge in [0.05, 0.1) is 23.9 Å². The number of hydrogen-bond acceptors (Lipinski definition) is 6. The first-order valence-electron chi connectivity index (χ1n) is 8.61. The molecule has 4 rings (SSSR count). The Morgan fingerprint density at radius 2 is 2.04 bits per heavy atom. The van der Waals surface area contributed by atoms with E-state index in [-0.39, 0.29) is 11.7 Å². The third-order valence-electron chi connectivity index (χ3n) is 4.13. The maximum atomic E-state index is 12.2. The van der Waals surface area contributed by atoms with Gasteiger partial charge in [-0.25, -0.2) is 4.98 Å². The maximum Gasteiger partial charge on any atom is 0.237 e. The molecule has 2 N–H and O–H groups in total. The highest BCUT2D eigenvalue weighted by Gasteiger charge is 2.12. The van der Waals surface area contributed by atoms with E-state index in [4.69, 9.17) is 9.26 Å². The summed E-state index contributed by atoms with van der Waals surface area (Å²) in [6.07, 6.45) is 0. The minimum absolute atomic E-state index is 0.192. The molecule has 0 saturated carbocycles. The Morgan fingerprint density at radius 1 is 1.21 bits per heavy atom. The van der Waals surface area contributed by atoms with E-state index in [1.165, 1.54) is 17.3 Å². The number of imidazole rings is 1. The number of thioether (sulfide) groups is 1. The number of carbonyl (C=O) groups is 1. The van der Waals surface area contributed by atoms with E-state index in [0.717, 1.165) is 22.3 Å². The normalized spacial score (nSPS) is 10.9. The maximum absolute atomic E-state index is 12.2. The Bertz CT molecular complexity index is 1120. The molecule has 8 heteroatoms. The third kappa shape index (κ3) is 4.01. The first-order valence-corrected chi connectivity index (χ1v) is 9.59. The Balaban J connectivity index is 1.36. The van der Waals surface area contributed by atoms with Crippen molar-refractivity contribution in [3.8, 4) is 17.0 Å². The first-order chi connectivity index (χ1) is 13.6. The average Bonchev–Trinajstić information content (AvgIpc) is 3.33. The van der Waals surface area contributed by atoms with Crippen LogP contribution in [0.1, 0.15) is 5.56 Å². The van der Waals surface area contributed by atoms with E-state index in [1.807, 2.05) is 49.4 Å². The molecule has 2 heterocycles. The van der Waals surface area contributed by atoms with Crippen LogP contribution in [-0.4, -0.2) is 33.9 Å². The van der Waals surface area contributed by atoms with E-state index >= 15 is 0 Å². The largest absolute Gasteiger partial charge is 0.497 e. The summed E-state index contributed by atoms with van der Waals surface area (Å²) in [7, 11) is 1.62. The molecular weight excluding hydrogens is 376 g/mol. The zero-order valence-corrected chi connectivity index (χ0v) is 16.2. The van der Waals surface area contributed by atoms with Crippen LogP contribution >= 0.6 is 11.8 Å². The molecule has 28 heavy (non-hydrogen) atoms. The van der Waals surface area contributed by atoms with Crippen LogP contribution < -0.4 is 10.1 Å². The number of benzene rings is 2. The first kappa shape index (κ1) is 18.1. The van der Waals surface area contributed by atoms with Gasteiger partial charge in [0.25, 0.3) is 0 Å². The predicted molar refractivity (Wildman–Crippen MR) is 109 cm³/mol. The molecule has 0 spiro atoms. The molecule has 0 aliphatic heterocycles. The van der Waals surface area contributed by atoms with Gasteiger partial charge in [-0.2, -0.15) is 0 Å². The summed E-state index contributed by atoms with van der Waals surface area (Å²) in [5.41, 5.74) is 4.46. The lowest BCUT2D eigenvalue weighted by Gasteiger charge is -1.99. The monoisotopic (exact) mass is 394 g/mol. The number of fused-ring (bicyclic) bond motifs is 1. The summed E-state index contributed by atoms with van der Waals surface area (Å²) in [5.74, 6) is 1.06. The van der Waals surface area contributed by atoms with Crippen molar-refractivity contribution in [3.05, 3.63) is 54.1 Å². The summed E-state index contributed by atoms with van der Waals surface area (Å²) in [4.78, 5) is 19.8. The van der Waals surface area contributed by atoms with E-state index in [2.05, 4.69) is 20.4 Å². The number of nitrogens with zero attached hydrogens (tertiary/aromatic N) is 2. The van der Waals surface area contributed by atoms with Crippen molar-refractivity contribution in [3.63, 3.8) is 0 Å². The number of methoxy groups -OCH3 is 1. The topological polar surface area (TPSA) is 93.0 Å². The molecule has 0 bridgehead atoms. The number of aromatic nitrogens is 3. The number of anilines is 1. The molecule has 0 aliphatic carbocycles. The van der Waals surface area contributed by atoms with Gasteiger partial charge in [-0.1, -0.05) is 46.7 Å². The van der Waals surface area contributed by atoms with Crippen LogP contribution in [0.25, 0.3) is 22.3 Å². The molecule has 4 aromatic rings. The van der Waals surface area contributed by atoms with Gasteiger partial charge in [0.1, 0.15) is 11.4 Å². The quantitative estimate of drug-likeness (QED) is 0.475. The van der Waals surface area contributed by atoms with Crippen molar-refractivity contribution in [1.82, 2.24) is 15.1 Å². The van der Waals surface area contributed by atoms with Crippen LogP contribution in [0.2, 0.25) is 0 Å². The van der Waals surface area contributed by atoms with Gasteiger partial charge >= 0.3 is 0 Å². The van der Waals surface area contributed by atoms with Crippen LogP contribution in [0.5, 0.6) is 5.75 Å². The summed E-state index contributed by atoms with van der Waals surface area (Å²) in [6, 6.07) is 15.2. The van der Waals surface area contributed by atoms with Crippen LogP contribution in [0.4, 0.5) is 5.88 Å². The number of carbonyl (C=O) groups excluding carboxylic acids is 1. The van der Waals surface area contributed by atoms with E-state index < -0.39 is 0 Å². The summed E-state index contributed by atoms with van der Waals surface area (Å²) < 4.78 is 10.4. The molecule has 0 aliphatic rings. The molecule has 142 valence electrons. The second-order valence-electron chi connectivity index (χ2n) is 6.20. The summed E-state index contributed by atoms with van der Waals surface area (Å²) in [5, 5.41) is 7.38. The number of ether oxygens (including phenoxy) is 1. The van der Waals surface area contributed by atoms with Crippen LogP contribution in [-0.2, 0) is 4.79 Å². The minimum Gasteiger partial charge on any atom is -0.497 e. The molecule has 0 unspecified atom stereocenters. The predicted octanol–water partition coefficient (Wildman–Crippen LogP) is 4.27. The van der Waals surface area contributed by atoms with Gasteiger partial charge in [-0.15, -0.1) is 0 Å². The molecule has 0 radical (unpaired) electrons. The Morgan fingerprint density at radius 3 is 2.82 bits per heavy atom. The molecule has 1 amide bonds. The lowest BCUT2D eigenvalue weighted by molar-refractivity contribution is -0.113. The molecule has 0 atom stereocenters. The Kier molecular flexibility index (Phi) is 5.03. The molecule has 2 aromatic carbocycles. The molecule has 2 aromatic heterocycles. The zero-order valence-electron chi connectivity index (χ0n) is 15.4. The van der Waals surface area contributed by atoms with Crippen molar-refractivity contribution in [2.75, 3.05) is 18.2 Å². The second-order valence-corrected chi connectivity index (χ2v) is 7.17. The number of amides is 1. The lowest BCUT2D eigenvalue weighted by atomic mass is 10.1. The van der Waals surface area contributed by atoms with Gasteiger partial charge in [-0.05, 0) is 19.1 Å². The highest BCUT2D eigenvalue weighted by Crippen LogP contribution is 2.24. The van der Waals surface area contributed by atoms with Gasteiger partial charge in [-0.3, -0.25) is 10.1 Å². The smallest absolute Gasteiger partial charge is 0.237 e. The number of hydrogen-bond donors (Lipinski definition) is 2. The van der Waals surface area contributed by atoms with Crippen LogP contribution in [0, 0.1) is 6.92 Å². The number of rotatable bonds is 6. The van der Waals surface area contributed by atoms with Crippen molar-refractivity contribution in [2.45, 2.75) is 12.1 Å². The van der Waals surface area contributed by atoms with Gasteiger partial charge in [0.15, 0.2) is 5.16 Å². The molecule has 0 fully saturated rings. The van der Waals surface area contributed by atoms with Crippen LogP contribution in [0.3, 0.4) is 0 Å². The zero-order chi connectivity index (χ0) is 19.5. The fourth-order valence-electron chi connectivity index (χ4n) is 2.66. The highest BCUT2D eigenvalue weighted by atomic mass is 32.2. The third-order valence-corrected chi connectivity index (χ3v) is 5.00. The SMILES string of the molecule is COc1ccc2nc(SCC(=O)Nc3cc(-c4ccc(C)cc4)no3)[nH]c2c1. The lowest BCUT2D eigenvalue weighted by Crippen LogP contribution is -2.13. The fourth-order valence-corrected chi connectivity index (χ4v) is 3.35. The van der Waals surface area contributed by atoms with Crippen molar-refractivity contribution in [2.24, 2.45) is 0 Å². The van der Waals surface area contributed by atoms with E-state index in [9.17, 15) is 4.79 Å². The number of aromatic amines is 1. The van der Waals surface area contributed by atoms with Gasteiger partial charge in [0, 0.05) is 17.7 Å². The van der Waals surface area contributed by atoms with Gasteiger partial charge < -0.3 is 14.2 Å². The standard InChI is InChI=1S/C20H18N4O3S/c1-12-3-5-13(6-4-12)16-10-19(27-24-16)23-18(25)11-28-20-21-15-8-7-14(26-2)9-17(15)22-20/h3-10H,11H2,1-2H3,(H,21,22)(H,23,25). The number of nitrogens with one attached hydrogen (secondary N) is 2.